The first-order valence-electron chi connectivity index (χ1n) is 3.56. The molecule has 5 heteroatoms. The lowest BCUT2D eigenvalue weighted by Crippen LogP contribution is -2.07. The zero-order valence-corrected chi connectivity index (χ0v) is 6.96. The zero-order chi connectivity index (χ0) is 10.7. The van der Waals surface area contributed by atoms with Crippen molar-refractivity contribution in [1.29, 1.82) is 21.3 Å². The van der Waals surface area contributed by atoms with Gasteiger partial charge >= 0.3 is 0 Å². The lowest BCUT2D eigenvalue weighted by atomic mass is 10.3. The van der Waals surface area contributed by atoms with E-state index in [0.29, 0.717) is 0 Å². The molecule has 14 heavy (non-hydrogen) atoms. The van der Waals surface area contributed by atoms with Gasteiger partial charge in [0.1, 0.15) is 17.7 Å². The van der Waals surface area contributed by atoms with Crippen LogP contribution < -0.4 is 15.9 Å². The van der Waals surface area contributed by atoms with E-state index in [-0.39, 0.29) is 21.6 Å². The van der Waals surface area contributed by atoms with Crippen molar-refractivity contribution in [3.8, 4) is 12.1 Å². The summed E-state index contributed by atoms with van der Waals surface area (Å²) in [6, 6.07) is 3.18. The monoisotopic (exact) mass is 184 g/mol. The van der Waals surface area contributed by atoms with Crippen molar-refractivity contribution in [3.63, 3.8) is 0 Å². The maximum atomic E-state index is 11.1. The summed E-state index contributed by atoms with van der Waals surface area (Å²) in [4.78, 5) is 11.1. The highest BCUT2D eigenvalue weighted by Crippen LogP contribution is 1.84. The molecule has 1 aromatic carbocycles. The molecule has 0 atom stereocenters. The molecule has 0 spiro atoms. The van der Waals surface area contributed by atoms with Crippen LogP contribution in [-0.2, 0) is 0 Å². The highest BCUT2D eigenvalue weighted by atomic mass is 16.1. The van der Waals surface area contributed by atoms with Crippen LogP contribution in [0.25, 0.3) is 11.1 Å². The molecule has 66 valence electrons. The molecule has 1 aromatic rings. The van der Waals surface area contributed by atoms with E-state index in [1.807, 2.05) is 0 Å². The highest BCUT2D eigenvalue weighted by molar-refractivity contribution is 6.26. The average molecular weight is 184 g/mol. The Balaban J connectivity index is 3.74. The molecule has 1 rings (SSSR count). The van der Waals surface area contributed by atoms with Crippen LogP contribution in [0.3, 0.4) is 0 Å². The third-order valence-corrected chi connectivity index (χ3v) is 1.71. The smallest absolute Gasteiger partial charge is 0.197 e. The van der Waals surface area contributed by atoms with Gasteiger partial charge in [-0.15, -0.1) is 0 Å². The van der Waals surface area contributed by atoms with Crippen molar-refractivity contribution in [3.05, 3.63) is 20.7 Å². The highest BCUT2D eigenvalue weighted by Gasteiger charge is 2.15. The molecule has 0 unspecified atom stereocenters. The van der Waals surface area contributed by atoms with E-state index >= 15 is 0 Å². The Morgan fingerprint density at radius 2 is 1.64 bits per heavy atom. The number of nitrogens with zero attached hydrogens (tertiary/aromatic N) is 2. The molecule has 2 N–H and O–H groups in total. The Labute approximate surface area is 78.5 Å². The number of rotatable bonds is 2. The fourth-order valence-corrected chi connectivity index (χ4v) is 1.01. The summed E-state index contributed by atoms with van der Waals surface area (Å²) < 4.78 is 0. The van der Waals surface area contributed by atoms with E-state index in [2.05, 4.69) is 0 Å². The molecular formula is C9H4N4O. The van der Waals surface area contributed by atoms with Gasteiger partial charge in [-0.1, -0.05) is 0 Å². The second-order valence-corrected chi connectivity index (χ2v) is 2.42. The van der Waals surface area contributed by atoms with Gasteiger partial charge in [0.05, 0.1) is 5.22 Å². The van der Waals surface area contributed by atoms with Crippen molar-refractivity contribution >= 4 is 23.6 Å². The summed E-state index contributed by atoms with van der Waals surface area (Å²) in [6.07, 6.45) is 1.69. The Bertz CT molecular complexity index is 588. The summed E-state index contributed by atoms with van der Waals surface area (Å²) in [6.45, 7) is 0. The first kappa shape index (κ1) is 9.56. The minimum atomic E-state index is -0.426. The van der Waals surface area contributed by atoms with Crippen molar-refractivity contribution in [2.45, 2.75) is 0 Å². The molecule has 0 radical (unpaired) electrons. The normalized spacial score (nSPS) is 8.71. The van der Waals surface area contributed by atoms with Crippen molar-refractivity contribution < 1.29 is 0 Å². The topological polar surface area (TPSA) is 112 Å². The standard InChI is InChI=1S/C9H4N4O/c10-1-5(2-11)7-8(9(7)14)6(3-12)4-13/h1-2,10-11H. The molecule has 0 saturated heterocycles. The lowest BCUT2D eigenvalue weighted by molar-refractivity contribution is 1.51. The SMILES string of the molecule is N#CC(C#N)=c1c(=O)c1=C(C=N)C=N. The molecule has 0 fully saturated rings. The zero-order valence-electron chi connectivity index (χ0n) is 6.96. The molecule has 0 aliphatic heterocycles. The predicted molar refractivity (Wildman–Crippen MR) is 49.9 cm³/mol. The van der Waals surface area contributed by atoms with Gasteiger partial charge in [-0.25, -0.2) is 0 Å². The number of hydrogen-bond donors (Lipinski definition) is 2. The molecule has 0 aliphatic rings. The quantitative estimate of drug-likeness (QED) is 0.549. The van der Waals surface area contributed by atoms with E-state index in [1.165, 1.54) is 0 Å². The van der Waals surface area contributed by atoms with Crippen LogP contribution >= 0.6 is 0 Å². The molecule has 0 amide bonds. The van der Waals surface area contributed by atoms with Gasteiger partial charge in [-0.05, 0) is 0 Å². The van der Waals surface area contributed by atoms with E-state index in [4.69, 9.17) is 21.3 Å². The summed E-state index contributed by atoms with van der Waals surface area (Å²) in [5, 5.41) is 30.9. The summed E-state index contributed by atoms with van der Waals surface area (Å²) in [5.74, 6) is 0. The minimum Gasteiger partial charge on any atom is -0.308 e. The maximum Gasteiger partial charge on any atom is 0.197 e. The van der Waals surface area contributed by atoms with Gasteiger partial charge in [0, 0.05) is 23.2 Å². The molecule has 0 saturated carbocycles. The van der Waals surface area contributed by atoms with Crippen molar-refractivity contribution in [2.75, 3.05) is 0 Å². The van der Waals surface area contributed by atoms with Gasteiger partial charge < -0.3 is 10.8 Å². The van der Waals surface area contributed by atoms with Crippen LogP contribution in [0.15, 0.2) is 4.79 Å². The van der Waals surface area contributed by atoms with Crippen LogP contribution in [-0.4, -0.2) is 12.4 Å². The Hall–Kier alpha value is -2.53. The Morgan fingerprint density at radius 3 is 2.00 bits per heavy atom. The average Bonchev–Trinajstić information content (AvgIpc) is 2.83. The first-order valence-corrected chi connectivity index (χ1v) is 3.56. The Kier molecular flexibility index (Phi) is 2.36. The Morgan fingerprint density at radius 1 is 1.14 bits per heavy atom. The predicted octanol–water partition coefficient (Wildman–Crippen LogP) is -1.43. The second kappa shape index (κ2) is 3.46. The summed E-state index contributed by atoms with van der Waals surface area (Å²) >= 11 is 0. The van der Waals surface area contributed by atoms with Gasteiger partial charge in [0.25, 0.3) is 0 Å². The fraction of sp³-hybridized carbons (Fsp3) is 0. The third kappa shape index (κ3) is 1.23. The maximum absolute atomic E-state index is 11.1. The third-order valence-electron chi connectivity index (χ3n) is 1.71. The van der Waals surface area contributed by atoms with Gasteiger partial charge in [-0.3, -0.25) is 4.79 Å². The molecular weight excluding hydrogens is 180 g/mol. The fourth-order valence-electron chi connectivity index (χ4n) is 1.01. The van der Waals surface area contributed by atoms with Gasteiger partial charge in [0.2, 0.25) is 0 Å². The van der Waals surface area contributed by atoms with Crippen LogP contribution in [0.4, 0.5) is 0 Å². The largest absolute Gasteiger partial charge is 0.308 e. The molecule has 0 heterocycles. The molecule has 0 aromatic heterocycles. The molecule has 5 nitrogen and oxygen atoms in total. The van der Waals surface area contributed by atoms with Crippen molar-refractivity contribution in [1.82, 2.24) is 0 Å². The van der Waals surface area contributed by atoms with Gasteiger partial charge in [0.15, 0.2) is 5.43 Å². The van der Waals surface area contributed by atoms with Crippen LogP contribution in [0.5, 0.6) is 0 Å². The van der Waals surface area contributed by atoms with Crippen LogP contribution in [0.2, 0.25) is 0 Å². The van der Waals surface area contributed by atoms with E-state index < -0.39 is 5.43 Å². The number of hydrogen-bond acceptors (Lipinski definition) is 5. The summed E-state index contributed by atoms with van der Waals surface area (Å²) in [5.41, 5.74) is -0.565. The number of nitrogens with one attached hydrogen (secondary N) is 2. The molecule has 0 bridgehead atoms. The number of nitriles is 2. The van der Waals surface area contributed by atoms with E-state index in [1.54, 1.807) is 12.1 Å². The van der Waals surface area contributed by atoms with E-state index in [0.717, 1.165) is 12.4 Å². The van der Waals surface area contributed by atoms with E-state index in [9.17, 15) is 4.79 Å². The minimum absolute atomic E-state index is 0.0389. The molecule has 0 aliphatic carbocycles. The summed E-state index contributed by atoms with van der Waals surface area (Å²) in [7, 11) is 0. The van der Waals surface area contributed by atoms with Crippen LogP contribution in [0.1, 0.15) is 0 Å². The second-order valence-electron chi connectivity index (χ2n) is 2.42. The van der Waals surface area contributed by atoms with Crippen molar-refractivity contribution in [2.24, 2.45) is 0 Å². The van der Waals surface area contributed by atoms with Gasteiger partial charge in [-0.2, -0.15) is 10.5 Å². The van der Waals surface area contributed by atoms with Crippen LogP contribution in [0, 0.1) is 33.5 Å². The first-order chi connectivity index (χ1) is 6.71. The lowest BCUT2D eigenvalue weighted by Gasteiger charge is -1.77.